The minimum atomic E-state index is -0.0687. The van der Waals surface area contributed by atoms with E-state index in [-0.39, 0.29) is 12.3 Å². The molecule has 2 aromatic rings. The highest BCUT2D eigenvalue weighted by atomic mass is 16.5. The van der Waals surface area contributed by atoms with Gasteiger partial charge in [-0.15, -0.1) is 0 Å². The van der Waals surface area contributed by atoms with Crippen molar-refractivity contribution < 1.29 is 9.53 Å². The quantitative estimate of drug-likeness (QED) is 0.791. The minimum absolute atomic E-state index is 0.0203. The zero-order chi connectivity index (χ0) is 11.7. The van der Waals surface area contributed by atoms with Gasteiger partial charge in [0, 0.05) is 12.4 Å². The SMILES string of the molecule is COc1cccc2c1cc(C(=O)CN)n2C. The van der Waals surface area contributed by atoms with Crippen LogP contribution in [0.1, 0.15) is 10.5 Å². The first-order chi connectivity index (χ1) is 7.69. The molecule has 2 rings (SSSR count). The third-order valence-electron chi connectivity index (χ3n) is 2.74. The third kappa shape index (κ3) is 1.47. The van der Waals surface area contributed by atoms with Crippen molar-refractivity contribution in [3.63, 3.8) is 0 Å². The van der Waals surface area contributed by atoms with E-state index in [1.807, 2.05) is 35.9 Å². The summed E-state index contributed by atoms with van der Waals surface area (Å²) in [6.45, 7) is 0.0203. The first-order valence-electron chi connectivity index (χ1n) is 5.04. The van der Waals surface area contributed by atoms with E-state index >= 15 is 0 Å². The Morgan fingerprint density at radius 1 is 1.50 bits per heavy atom. The number of Topliss-reactive ketones (excluding diaryl/α,β-unsaturated/α-hetero) is 1. The maximum atomic E-state index is 11.6. The van der Waals surface area contributed by atoms with E-state index in [0.717, 1.165) is 16.7 Å². The van der Waals surface area contributed by atoms with Crippen molar-refractivity contribution in [2.75, 3.05) is 13.7 Å². The molecular weight excluding hydrogens is 204 g/mol. The standard InChI is InChI=1S/C12H14N2O2/c1-14-9-4-3-5-12(16-2)8(9)6-10(14)11(15)7-13/h3-6H,7,13H2,1-2H3. The van der Waals surface area contributed by atoms with Crippen LogP contribution in [0.3, 0.4) is 0 Å². The van der Waals surface area contributed by atoms with Crippen LogP contribution in [0.2, 0.25) is 0 Å². The number of aromatic nitrogens is 1. The van der Waals surface area contributed by atoms with Crippen LogP contribution in [0.4, 0.5) is 0 Å². The fourth-order valence-electron chi connectivity index (χ4n) is 1.88. The summed E-state index contributed by atoms with van der Waals surface area (Å²) in [4.78, 5) is 11.6. The van der Waals surface area contributed by atoms with Crippen LogP contribution in [0.5, 0.6) is 5.75 Å². The molecule has 1 heterocycles. The van der Waals surface area contributed by atoms with Crippen LogP contribution < -0.4 is 10.5 Å². The fraction of sp³-hybridized carbons (Fsp3) is 0.250. The Kier molecular flexibility index (Phi) is 2.66. The number of carbonyl (C=O) groups excluding carboxylic acids is 1. The molecule has 0 saturated heterocycles. The molecule has 0 fully saturated rings. The van der Waals surface area contributed by atoms with Gasteiger partial charge in [-0.25, -0.2) is 0 Å². The van der Waals surface area contributed by atoms with Crippen LogP contribution in [0.15, 0.2) is 24.3 Å². The molecule has 16 heavy (non-hydrogen) atoms. The highest BCUT2D eigenvalue weighted by Gasteiger charge is 2.13. The Labute approximate surface area is 93.6 Å². The molecule has 0 spiro atoms. The lowest BCUT2D eigenvalue weighted by Gasteiger charge is -2.02. The average molecular weight is 218 g/mol. The van der Waals surface area contributed by atoms with E-state index in [9.17, 15) is 4.79 Å². The first kappa shape index (κ1) is 10.7. The predicted octanol–water partition coefficient (Wildman–Crippen LogP) is 1.33. The molecule has 0 unspecified atom stereocenters. The van der Waals surface area contributed by atoms with Crippen molar-refractivity contribution in [1.82, 2.24) is 4.57 Å². The number of rotatable bonds is 3. The van der Waals surface area contributed by atoms with Crippen LogP contribution in [-0.4, -0.2) is 24.0 Å². The second kappa shape index (κ2) is 3.98. The molecule has 4 heteroatoms. The van der Waals surface area contributed by atoms with Gasteiger partial charge in [-0.05, 0) is 18.2 Å². The number of nitrogens with two attached hydrogens (primary N) is 1. The largest absolute Gasteiger partial charge is 0.496 e. The lowest BCUT2D eigenvalue weighted by molar-refractivity contribution is 0.0994. The van der Waals surface area contributed by atoms with Gasteiger partial charge in [0.2, 0.25) is 0 Å². The molecule has 0 aliphatic rings. The topological polar surface area (TPSA) is 57.2 Å². The van der Waals surface area contributed by atoms with E-state index in [4.69, 9.17) is 10.5 Å². The molecule has 4 nitrogen and oxygen atoms in total. The Hall–Kier alpha value is -1.81. The maximum absolute atomic E-state index is 11.6. The minimum Gasteiger partial charge on any atom is -0.496 e. The highest BCUT2D eigenvalue weighted by molar-refractivity contribution is 6.02. The molecular formula is C12H14N2O2. The van der Waals surface area contributed by atoms with Gasteiger partial charge in [0.05, 0.1) is 24.9 Å². The van der Waals surface area contributed by atoms with Crippen molar-refractivity contribution in [3.8, 4) is 5.75 Å². The van der Waals surface area contributed by atoms with E-state index in [1.54, 1.807) is 7.11 Å². The summed E-state index contributed by atoms with van der Waals surface area (Å²) in [5.41, 5.74) is 6.95. The second-order valence-electron chi connectivity index (χ2n) is 3.61. The monoisotopic (exact) mass is 218 g/mol. The van der Waals surface area contributed by atoms with Gasteiger partial charge < -0.3 is 15.0 Å². The van der Waals surface area contributed by atoms with Gasteiger partial charge in [-0.2, -0.15) is 0 Å². The smallest absolute Gasteiger partial charge is 0.192 e. The number of hydrogen-bond donors (Lipinski definition) is 1. The van der Waals surface area contributed by atoms with Crippen molar-refractivity contribution in [2.45, 2.75) is 0 Å². The van der Waals surface area contributed by atoms with Crippen molar-refractivity contribution in [2.24, 2.45) is 12.8 Å². The first-order valence-corrected chi connectivity index (χ1v) is 5.04. The molecule has 1 aromatic heterocycles. The maximum Gasteiger partial charge on any atom is 0.192 e. The molecule has 2 N–H and O–H groups in total. The zero-order valence-corrected chi connectivity index (χ0v) is 9.36. The summed E-state index contributed by atoms with van der Waals surface area (Å²) in [6.07, 6.45) is 0. The molecule has 84 valence electrons. The highest BCUT2D eigenvalue weighted by Crippen LogP contribution is 2.27. The third-order valence-corrected chi connectivity index (χ3v) is 2.74. The van der Waals surface area contributed by atoms with Gasteiger partial charge >= 0.3 is 0 Å². The van der Waals surface area contributed by atoms with Crippen LogP contribution >= 0.6 is 0 Å². The van der Waals surface area contributed by atoms with Gasteiger partial charge in [0.15, 0.2) is 5.78 Å². The van der Waals surface area contributed by atoms with Crippen LogP contribution in [-0.2, 0) is 7.05 Å². The van der Waals surface area contributed by atoms with Gasteiger partial charge in [-0.1, -0.05) is 6.07 Å². The van der Waals surface area contributed by atoms with Crippen molar-refractivity contribution in [3.05, 3.63) is 30.0 Å². The average Bonchev–Trinajstić information content (AvgIpc) is 2.66. The number of carbonyl (C=O) groups is 1. The fourth-order valence-corrected chi connectivity index (χ4v) is 1.88. The molecule has 0 atom stereocenters. The summed E-state index contributed by atoms with van der Waals surface area (Å²) >= 11 is 0. The number of aryl methyl sites for hydroxylation is 1. The number of nitrogens with zero attached hydrogens (tertiary/aromatic N) is 1. The number of ketones is 1. The Bertz CT molecular complexity index is 543. The molecule has 0 bridgehead atoms. The van der Waals surface area contributed by atoms with Gasteiger partial charge in [0.25, 0.3) is 0 Å². The summed E-state index contributed by atoms with van der Waals surface area (Å²) in [5.74, 6) is 0.699. The summed E-state index contributed by atoms with van der Waals surface area (Å²) in [7, 11) is 3.47. The molecule has 0 amide bonds. The lowest BCUT2D eigenvalue weighted by atomic mass is 10.2. The molecule has 0 aliphatic carbocycles. The Morgan fingerprint density at radius 2 is 2.25 bits per heavy atom. The Morgan fingerprint density at radius 3 is 2.88 bits per heavy atom. The molecule has 0 aliphatic heterocycles. The van der Waals surface area contributed by atoms with Gasteiger partial charge in [-0.3, -0.25) is 4.79 Å². The molecule has 0 radical (unpaired) electrons. The predicted molar refractivity (Wildman–Crippen MR) is 62.9 cm³/mol. The zero-order valence-electron chi connectivity index (χ0n) is 9.36. The van der Waals surface area contributed by atoms with Crippen LogP contribution in [0, 0.1) is 0 Å². The normalized spacial score (nSPS) is 10.7. The van der Waals surface area contributed by atoms with E-state index in [0.29, 0.717) is 5.69 Å². The number of ether oxygens (including phenoxy) is 1. The second-order valence-corrected chi connectivity index (χ2v) is 3.61. The number of methoxy groups -OCH3 is 1. The summed E-state index contributed by atoms with van der Waals surface area (Å²) in [6, 6.07) is 7.55. The summed E-state index contributed by atoms with van der Waals surface area (Å²) in [5, 5.41) is 0.935. The van der Waals surface area contributed by atoms with Gasteiger partial charge in [0.1, 0.15) is 5.75 Å². The Balaban J connectivity index is 2.72. The van der Waals surface area contributed by atoms with Crippen LogP contribution in [0.25, 0.3) is 10.9 Å². The van der Waals surface area contributed by atoms with E-state index in [1.165, 1.54) is 0 Å². The van der Waals surface area contributed by atoms with Crippen molar-refractivity contribution >= 4 is 16.7 Å². The number of hydrogen-bond acceptors (Lipinski definition) is 3. The number of benzene rings is 1. The molecule has 0 saturated carbocycles. The number of fused-ring (bicyclic) bond motifs is 1. The summed E-state index contributed by atoms with van der Waals surface area (Å²) < 4.78 is 7.09. The molecule has 1 aromatic carbocycles. The van der Waals surface area contributed by atoms with Crippen molar-refractivity contribution in [1.29, 1.82) is 0 Å². The lowest BCUT2D eigenvalue weighted by Crippen LogP contribution is -2.16. The van der Waals surface area contributed by atoms with E-state index < -0.39 is 0 Å². The van der Waals surface area contributed by atoms with E-state index in [2.05, 4.69) is 0 Å².